The van der Waals surface area contributed by atoms with Gasteiger partial charge in [0.25, 0.3) is 0 Å². The summed E-state index contributed by atoms with van der Waals surface area (Å²) in [5.41, 5.74) is 0.447. The monoisotopic (exact) mass is 349 g/mol. The molecule has 1 unspecified atom stereocenters. The van der Waals surface area contributed by atoms with Gasteiger partial charge < -0.3 is 9.76 Å². The van der Waals surface area contributed by atoms with E-state index in [2.05, 4.69) is 12.6 Å². The van der Waals surface area contributed by atoms with Crippen LogP contribution < -0.4 is 5.46 Å². The summed E-state index contributed by atoms with van der Waals surface area (Å²) in [5.74, 6) is -0.413. The Morgan fingerprint density at radius 3 is 2.17 bits per heavy atom. The molecule has 0 amide bonds. The van der Waals surface area contributed by atoms with E-state index in [0.29, 0.717) is 5.56 Å². The first-order chi connectivity index (χ1) is 10.7. The molecule has 0 saturated heterocycles. The standard InChI is InChI=1S/C19H30BO3S/c1-12(2)16(21)19(8,22)15-10-9-14(11-13(15)3)20-23-17(4,5)18(6,7)24/h9-12,22,24H,1-8H3. The third kappa shape index (κ3) is 4.65. The summed E-state index contributed by atoms with van der Waals surface area (Å²) in [7, 11) is 1.70. The van der Waals surface area contributed by atoms with Crippen LogP contribution in [0.3, 0.4) is 0 Å². The molecule has 1 radical (unpaired) electrons. The van der Waals surface area contributed by atoms with E-state index < -0.39 is 11.2 Å². The highest BCUT2D eigenvalue weighted by Gasteiger charge is 2.36. The number of carbonyl (C=O) groups is 1. The van der Waals surface area contributed by atoms with Gasteiger partial charge >= 0.3 is 7.48 Å². The van der Waals surface area contributed by atoms with E-state index in [9.17, 15) is 9.90 Å². The zero-order valence-electron chi connectivity index (χ0n) is 16.1. The van der Waals surface area contributed by atoms with Crippen LogP contribution in [0.25, 0.3) is 0 Å². The third-order valence-electron chi connectivity index (χ3n) is 4.74. The minimum Gasteiger partial charge on any atom is -0.428 e. The third-order valence-corrected chi connectivity index (χ3v) is 5.28. The van der Waals surface area contributed by atoms with Crippen molar-refractivity contribution >= 4 is 31.4 Å². The maximum atomic E-state index is 12.3. The van der Waals surface area contributed by atoms with Gasteiger partial charge in [0, 0.05) is 10.7 Å². The zero-order valence-corrected chi connectivity index (χ0v) is 17.0. The molecule has 1 atom stereocenters. The van der Waals surface area contributed by atoms with Gasteiger partial charge in [-0.25, -0.2) is 0 Å². The molecule has 0 spiro atoms. The molecule has 1 N–H and O–H groups in total. The first-order valence-electron chi connectivity index (χ1n) is 8.31. The highest BCUT2D eigenvalue weighted by atomic mass is 32.1. The normalized spacial score (nSPS) is 15.3. The van der Waals surface area contributed by atoms with Crippen molar-refractivity contribution in [2.45, 2.75) is 71.3 Å². The molecule has 0 heterocycles. The molecular weight excluding hydrogens is 319 g/mol. The van der Waals surface area contributed by atoms with Gasteiger partial charge in [0.05, 0.1) is 5.60 Å². The maximum absolute atomic E-state index is 12.3. The predicted molar refractivity (Wildman–Crippen MR) is 104 cm³/mol. The Morgan fingerprint density at radius 1 is 1.21 bits per heavy atom. The fourth-order valence-corrected chi connectivity index (χ4v) is 2.41. The van der Waals surface area contributed by atoms with Crippen LogP contribution >= 0.6 is 12.6 Å². The fourth-order valence-electron chi connectivity index (χ4n) is 2.36. The fraction of sp³-hybridized carbons (Fsp3) is 0.632. The summed E-state index contributed by atoms with van der Waals surface area (Å²) in [6.45, 7) is 15.0. The van der Waals surface area contributed by atoms with Gasteiger partial charge in [-0.1, -0.05) is 37.5 Å². The van der Waals surface area contributed by atoms with Gasteiger partial charge in [0.1, 0.15) is 5.60 Å². The van der Waals surface area contributed by atoms with Crippen LogP contribution in [0, 0.1) is 12.8 Å². The molecule has 1 aromatic carbocycles. The van der Waals surface area contributed by atoms with Crippen molar-refractivity contribution in [2.75, 3.05) is 0 Å². The average molecular weight is 349 g/mol. The number of benzene rings is 1. The van der Waals surface area contributed by atoms with Crippen LogP contribution in [0.4, 0.5) is 0 Å². The molecule has 0 aliphatic carbocycles. The average Bonchev–Trinajstić information content (AvgIpc) is 2.42. The van der Waals surface area contributed by atoms with Crippen molar-refractivity contribution in [3.63, 3.8) is 0 Å². The predicted octanol–water partition coefficient (Wildman–Crippen LogP) is 3.18. The van der Waals surface area contributed by atoms with Crippen molar-refractivity contribution in [1.29, 1.82) is 0 Å². The first kappa shape index (κ1) is 21.3. The quantitative estimate of drug-likeness (QED) is 0.587. The molecule has 133 valence electrons. The van der Waals surface area contributed by atoms with E-state index in [4.69, 9.17) is 4.65 Å². The van der Waals surface area contributed by atoms with Crippen molar-refractivity contribution in [3.05, 3.63) is 29.3 Å². The lowest BCUT2D eigenvalue weighted by molar-refractivity contribution is -0.139. The van der Waals surface area contributed by atoms with Crippen LogP contribution in [-0.2, 0) is 15.0 Å². The van der Waals surface area contributed by atoms with Crippen molar-refractivity contribution in [1.82, 2.24) is 0 Å². The number of hydrogen-bond donors (Lipinski definition) is 2. The van der Waals surface area contributed by atoms with E-state index in [1.54, 1.807) is 34.3 Å². The number of rotatable bonds is 7. The second kappa shape index (κ2) is 7.23. The second-order valence-electron chi connectivity index (χ2n) is 7.97. The van der Waals surface area contributed by atoms with Gasteiger partial charge in [-0.15, -0.1) is 0 Å². The van der Waals surface area contributed by atoms with Gasteiger partial charge in [-0.05, 0) is 52.7 Å². The SMILES string of the molecule is Cc1cc([B]OC(C)(C)C(C)(C)S)ccc1C(C)(O)C(=O)C(C)C. The van der Waals surface area contributed by atoms with Crippen LogP contribution in [0.5, 0.6) is 0 Å². The highest BCUT2D eigenvalue weighted by molar-refractivity contribution is 7.81. The molecule has 24 heavy (non-hydrogen) atoms. The molecule has 1 aromatic rings. The van der Waals surface area contributed by atoms with E-state index in [1.165, 1.54) is 0 Å². The number of aliphatic hydroxyl groups is 1. The van der Waals surface area contributed by atoms with Gasteiger partial charge in [0.2, 0.25) is 0 Å². The van der Waals surface area contributed by atoms with Crippen LogP contribution in [0.2, 0.25) is 0 Å². The summed E-state index contributed by atoms with van der Waals surface area (Å²) < 4.78 is 5.62. The van der Waals surface area contributed by atoms with Crippen LogP contribution in [-0.4, -0.2) is 28.7 Å². The number of ketones is 1. The van der Waals surface area contributed by atoms with Gasteiger partial charge in [0.15, 0.2) is 5.78 Å². The lowest BCUT2D eigenvalue weighted by atomic mass is 9.79. The largest absolute Gasteiger partial charge is 0.428 e. The highest BCUT2D eigenvalue weighted by Crippen LogP contribution is 2.31. The molecule has 5 heteroatoms. The molecule has 0 aliphatic rings. The Balaban J connectivity index is 2.99. The topological polar surface area (TPSA) is 46.5 Å². The molecule has 0 fully saturated rings. The maximum Gasteiger partial charge on any atom is 0.330 e. The zero-order chi connectivity index (χ0) is 18.9. The number of Topliss-reactive ketones (excluding diaryl/α,β-unsaturated/α-hetero) is 1. The minimum absolute atomic E-state index is 0.184. The Bertz CT molecular complexity index is 601. The summed E-state index contributed by atoms with van der Waals surface area (Å²) >= 11 is 4.58. The summed E-state index contributed by atoms with van der Waals surface area (Å²) in [5, 5.41) is 10.7. The van der Waals surface area contributed by atoms with Crippen LogP contribution in [0.15, 0.2) is 18.2 Å². The molecule has 3 nitrogen and oxygen atoms in total. The van der Waals surface area contributed by atoms with Gasteiger partial charge in [-0.2, -0.15) is 12.6 Å². The van der Waals surface area contributed by atoms with Crippen molar-refractivity contribution in [2.24, 2.45) is 5.92 Å². The van der Waals surface area contributed by atoms with E-state index in [-0.39, 0.29) is 16.4 Å². The number of aryl methyl sites for hydroxylation is 1. The lowest BCUT2D eigenvalue weighted by Gasteiger charge is -2.38. The Kier molecular flexibility index (Phi) is 6.40. The Morgan fingerprint density at radius 2 is 1.75 bits per heavy atom. The Hall–Kier alpha value is -0.775. The molecule has 1 rings (SSSR count). The number of hydrogen-bond acceptors (Lipinski definition) is 4. The molecule has 0 aromatic heterocycles. The Labute approximate surface area is 152 Å². The van der Waals surface area contributed by atoms with E-state index in [0.717, 1.165) is 11.0 Å². The van der Waals surface area contributed by atoms with Crippen molar-refractivity contribution < 1.29 is 14.6 Å². The second-order valence-corrected chi connectivity index (χ2v) is 9.09. The first-order valence-corrected chi connectivity index (χ1v) is 8.76. The smallest absolute Gasteiger partial charge is 0.330 e. The summed E-state index contributed by atoms with van der Waals surface area (Å²) in [6.07, 6.45) is 0. The molecule has 0 bridgehead atoms. The molecular formula is C19H30BO3S. The summed E-state index contributed by atoms with van der Waals surface area (Å²) in [6, 6.07) is 5.56. The molecule has 0 saturated carbocycles. The number of carbonyl (C=O) groups excluding carboxylic acids is 1. The van der Waals surface area contributed by atoms with Crippen LogP contribution in [0.1, 0.15) is 59.6 Å². The number of thiol groups is 1. The van der Waals surface area contributed by atoms with E-state index >= 15 is 0 Å². The van der Waals surface area contributed by atoms with Crippen molar-refractivity contribution in [3.8, 4) is 0 Å². The van der Waals surface area contributed by atoms with Gasteiger partial charge in [-0.3, -0.25) is 4.79 Å². The minimum atomic E-state index is -1.48. The van der Waals surface area contributed by atoms with E-state index in [1.807, 2.05) is 46.8 Å². The summed E-state index contributed by atoms with van der Waals surface area (Å²) in [4.78, 5) is 12.3. The molecule has 0 aliphatic heterocycles. The lowest BCUT2D eigenvalue weighted by Crippen LogP contribution is -2.45.